The minimum atomic E-state index is -0.566. The van der Waals surface area contributed by atoms with Crippen LogP contribution < -0.4 is 10.6 Å². The van der Waals surface area contributed by atoms with Crippen molar-refractivity contribution < 1.29 is 4.79 Å². The number of carbonyl (C=O) groups is 1. The van der Waals surface area contributed by atoms with E-state index in [9.17, 15) is 4.79 Å². The standard InChI is InChI=1S/C14H14BrN5O/c15-10-6-9(7-17-8-10)12-2-1-5-20(12)13-4-3-11(14(16)21)18-19-13/h3-4,6-8,12H,1-2,5H2,(H2,16,21). The zero-order chi connectivity index (χ0) is 14.8. The molecule has 7 heteroatoms. The lowest BCUT2D eigenvalue weighted by molar-refractivity contribution is 0.0994. The van der Waals surface area contributed by atoms with Crippen molar-refractivity contribution in [2.75, 3.05) is 11.4 Å². The summed E-state index contributed by atoms with van der Waals surface area (Å²) in [4.78, 5) is 17.5. The summed E-state index contributed by atoms with van der Waals surface area (Å²) in [6.07, 6.45) is 5.76. The summed E-state index contributed by atoms with van der Waals surface area (Å²) in [5.41, 5.74) is 6.50. The number of anilines is 1. The summed E-state index contributed by atoms with van der Waals surface area (Å²) in [5, 5.41) is 8.00. The summed E-state index contributed by atoms with van der Waals surface area (Å²) in [7, 11) is 0. The third-order valence-corrected chi connectivity index (χ3v) is 3.99. The van der Waals surface area contributed by atoms with Crippen molar-refractivity contribution >= 4 is 27.7 Å². The van der Waals surface area contributed by atoms with Crippen LogP contribution in [0.5, 0.6) is 0 Å². The van der Waals surface area contributed by atoms with Crippen molar-refractivity contribution in [3.63, 3.8) is 0 Å². The van der Waals surface area contributed by atoms with E-state index in [0.29, 0.717) is 0 Å². The third-order valence-electron chi connectivity index (χ3n) is 3.56. The molecule has 1 saturated heterocycles. The van der Waals surface area contributed by atoms with Gasteiger partial charge in [-0.2, -0.15) is 0 Å². The Balaban J connectivity index is 1.88. The zero-order valence-electron chi connectivity index (χ0n) is 11.2. The van der Waals surface area contributed by atoms with Gasteiger partial charge in [-0.15, -0.1) is 10.2 Å². The Morgan fingerprint density at radius 3 is 2.86 bits per heavy atom. The van der Waals surface area contributed by atoms with E-state index in [2.05, 4.69) is 42.1 Å². The van der Waals surface area contributed by atoms with E-state index >= 15 is 0 Å². The number of halogens is 1. The maximum Gasteiger partial charge on any atom is 0.269 e. The molecule has 0 saturated carbocycles. The average Bonchev–Trinajstić information content (AvgIpc) is 2.97. The number of nitrogens with zero attached hydrogens (tertiary/aromatic N) is 4. The molecule has 1 aliphatic rings. The van der Waals surface area contributed by atoms with Crippen LogP contribution in [0.2, 0.25) is 0 Å². The Morgan fingerprint density at radius 1 is 1.33 bits per heavy atom. The number of primary amides is 1. The van der Waals surface area contributed by atoms with Gasteiger partial charge in [0.25, 0.3) is 5.91 Å². The van der Waals surface area contributed by atoms with Crippen molar-refractivity contribution in [3.05, 3.63) is 46.3 Å². The van der Waals surface area contributed by atoms with E-state index in [1.165, 1.54) is 0 Å². The topological polar surface area (TPSA) is 85.0 Å². The fourth-order valence-corrected chi connectivity index (χ4v) is 2.99. The SMILES string of the molecule is NC(=O)c1ccc(N2CCCC2c2cncc(Br)c2)nn1. The molecule has 0 radical (unpaired) electrons. The number of aromatic nitrogens is 3. The molecular formula is C14H14BrN5O. The molecule has 1 unspecified atom stereocenters. The van der Waals surface area contributed by atoms with Crippen LogP contribution in [0, 0.1) is 0 Å². The largest absolute Gasteiger partial charge is 0.364 e. The van der Waals surface area contributed by atoms with Crippen LogP contribution in [0.25, 0.3) is 0 Å². The second kappa shape index (κ2) is 5.77. The fraction of sp³-hybridized carbons (Fsp3) is 0.286. The second-order valence-electron chi connectivity index (χ2n) is 4.93. The molecule has 2 aromatic heterocycles. The normalized spacial score (nSPS) is 18.0. The molecular weight excluding hydrogens is 334 g/mol. The van der Waals surface area contributed by atoms with Crippen LogP contribution in [0.1, 0.15) is 34.9 Å². The summed E-state index contributed by atoms with van der Waals surface area (Å²) in [5.74, 6) is 0.186. The van der Waals surface area contributed by atoms with E-state index in [1.807, 2.05) is 6.20 Å². The number of nitrogens with two attached hydrogens (primary N) is 1. The van der Waals surface area contributed by atoms with Crippen LogP contribution in [0.3, 0.4) is 0 Å². The van der Waals surface area contributed by atoms with E-state index in [-0.39, 0.29) is 11.7 Å². The highest BCUT2D eigenvalue weighted by Gasteiger charge is 2.27. The van der Waals surface area contributed by atoms with Crippen molar-refractivity contribution in [1.29, 1.82) is 0 Å². The number of amides is 1. The van der Waals surface area contributed by atoms with Crippen LogP contribution in [-0.2, 0) is 0 Å². The Bertz CT molecular complexity index is 661. The zero-order valence-corrected chi connectivity index (χ0v) is 12.8. The minimum absolute atomic E-state index is 0.179. The predicted molar refractivity (Wildman–Crippen MR) is 81.8 cm³/mol. The van der Waals surface area contributed by atoms with Gasteiger partial charge in [-0.1, -0.05) is 0 Å². The highest BCUT2D eigenvalue weighted by molar-refractivity contribution is 9.10. The number of hydrogen-bond acceptors (Lipinski definition) is 5. The maximum absolute atomic E-state index is 11.0. The lowest BCUT2D eigenvalue weighted by Crippen LogP contribution is -2.24. The molecule has 0 aromatic carbocycles. The molecule has 0 spiro atoms. The van der Waals surface area contributed by atoms with Gasteiger partial charge < -0.3 is 10.6 Å². The molecule has 3 rings (SSSR count). The van der Waals surface area contributed by atoms with Gasteiger partial charge in [0.1, 0.15) is 0 Å². The minimum Gasteiger partial charge on any atom is -0.364 e. The molecule has 6 nitrogen and oxygen atoms in total. The predicted octanol–water partition coefficient (Wildman–Crippen LogP) is 2.07. The van der Waals surface area contributed by atoms with E-state index < -0.39 is 5.91 Å². The number of pyridine rings is 1. The molecule has 2 N–H and O–H groups in total. The summed E-state index contributed by atoms with van der Waals surface area (Å²) >= 11 is 3.45. The Morgan fingerprint density at radius 2 is 2.19 bits per heavy atom. The van der Waals surface area contributed by atoms with Crippen LogP contribution in [-0.4, -0.2) is 27.6 Å². The fourth-order valence-electron chi connectivity index (χ4n) is 2.61. The van der Waals surface area contributed by atoms with Crippen molar-refractivity contribution in [1.82, 2.24) is 15.2 Å². The smallest absolute Gasteiger partial charge is 0.269 e. The van der Waals surface area contributed by atoms with E-state index in [4.69, 9.17) is 5.73 Å². The number of carbonyl (C=O) groups excluding carboxylic acids is 1. The summed E-state index contributed by atoms with van der Waals surface area (Å²) < 4.78 is 0.960. The molecule has 0 bridgehead atoms. The first-order chi connectivity index (χ1) is 10.1. The highest BCUT2D eigenvalue weighted by atomic mass is 79.9. The maximum atomic E-state index is 11.0. The highest BCUT2D eigenvalue weighted by Crippen LogP contribution is 2.35. The summed E-state index contributed by atoms with van der Waals surface area (Å²) in [6, 6.07) is 5.70. The Labute approximate surface area is 130 Å². The number of rotatable bonds is 3. The van der Waals surface area contributed by atoms with Crippen molar-refractivity contribution in [2.24, 2.45) is 5.73 Å². The molecule has 1 aliphatic heterocycles. The number of hydrogen-bond donors (Lipinski definition) is 1. The monoisotopic (exact) mass is 347 g/mol. The molecule has 3 heterocycles. The first-order valence-corrected chi connectivity index (χ1v) is 7.45. The Kier molecular flexibility index (Phi) is 3.83. The molecule has 21 heavy (non-hydrogen) atoms. The van der Waals surface area contributed by atoms with Gasteiger partial charge in [-0.05, 0) is 52.5 Å². The van der Waals surface area contributed by atoms with Crippen molar-refractivity contribution in [2.45, 2.75) is 18.9 Å². The lowest BCUT2D eigenvalue weighted by atomic mass is 10.1. The molecule has 1 fully saturated rings. The molecule has 2 aromatic rings. The van der Waals surface area contributed by atoms with Crippen LogP contribution >= 0.6 is 15.9 Å². The second-order valence-corrected chi connectivity index (χ2v) is 5.84. The van der Waals surface area contributed by atoms with Gasteiger partial charge in [0.15, 0.2) is 11.5 Å². The van der Waals surface area contributed by atoms with Gasteiger partial charge in [0.2, 0.25) is 0 Å². The Hall–Kier alpha value is -2.02. The van der Waals surface area contributed by atoms with Crippen molar-refractivity contribution in [3.8, 4) is 0 Å². The average molecular weight is 348 g/mol. The summed E-state index contributed by atoms with van der Waals surface area (Å²) in [6.45, 7) is 0.905. The third kappa shape index (κ3) is 2.87. The van der Waals surface area contributed by atoms with Gasteiger partial charge >= 0.3 is 0 Å². The van der Waals surface area contributed by atoms with Gasteiger partial charge in [0.05, 0.1) is 6.04 Å². The molecule has 1 atom stereocenters. The van der Waals surface area contributed by atoms with E-state index in [0.717, 1.165) is 35.2 Å². The lowest BCUT2D eigenvalue weighted by Gasteiger charge is -2.25. The molecule has 108 valence electrons. The first-order valence-electron chi connectivity index (χ1n) is 6.66. The quantitative estimate of drug-likeness (QED) is 0.918. The first kappa shape index (κ1) is 13.9. The van der Waals surface area contributed by atoms with Gasteiger partial charge in [-0.3, -0.25) is 9.78 Å². The van der Waals surface area contributed by atoms with Crippen LogP contribution in [0.4, 0.5) is 5.82 Å². The van der Waals surface area contributed by atoms with Gasteiger partial charge in [-0.25, -0.2) is 0 Å². The van der Waals surface area contributed by atoms with E-state index in [1.54, 1.807) is 18.3 Å². The van der Waals surface area contributed by atoms with Crippen LogP contribution in [0.15, 0.2) is 35.1 Å². The molecule has 1 amide bonds. The van der Waals surface area contributed by atoms with Gasteiger partial charge in [0, 0.05) is 23.4 Å². The molecule has 0 aliphatic carbocycles.